The number of hydrogen-bond donors (Lipinski definition) is 0. The summed E-state index contributed by atoms with van der Waals surface area (Å²) in [5.41, 5.74) is 7.20. The number of benzene rings is 2. The minimum atomic E-state index is 1.12. The molecule has 0 nitrogen and oxygen atoms in total. The summed E-state index contributed by atoms with van der Waals surface area (Å²) in [7, 11) is 0. The maximum absolute atomic E-state index is 2.36. The average Bonchev–Trinajstić information content (AvgIpc) is 2.43. The third-order valence-corrected chi connectivity index (χ3v) is 3.96. The molecule has 96 valence electrons. The standard InChI is InChI=1S/C19H20/c1-2-3-19-14-17-9-8-15-4-6-16(7-5-15)10-12-18(19)13-11-17/h2-7,11,13-14H,8-10,12H2,1H3/b3-2+. The molecule has 0 N–H and O–H groups in total. The maximum Gasteiger partial charge on any atom is -0.0225 e. The molecule has 0 aromatic heterocycles. The van der Waals surface area contributed by atoms with E-state index in [1.54, 1.807) is 0 Å². The molecule has 0 saturated heterocycles. The Morgan fingerprint density at radius 3 is 2.00 bits per heavy atom. The number of allylic oxidation sites excluding steroid dienone is 1. The fourth-order valence-electron chi connectivity index (χ4n) is 2.80. The summed E-state index contributed by atoms with van der Waals surface area (Å²) < 4.78 is 0. The first kappa shape index (κ1) is 12.2. The molecule has 0 radical (unpaired) electrons. The van der Waals surface area contributed by atoms with Crippen LogP contribution >= 0.6 is 0 Å². The van der Waals surface area contributed by atoms with Crippen LogP contribution in [0.25, 0.3) is 6.08 Å². The van der Waals surface area contributed by atoms with Crippen LogP contribution in [0.3, 0.4) is 0 Å². The van der Waals surface area contributed by atoms with Gasteiger partial charge in [-0.05, 0) is 60.4 Å². The highest BCUT2D eigenvalue weighted by atomic mass is 14.1. The lowest BCUT2D eigenvalue weighted by atomic mass is 9.93. The van der Waals surface area contributed by atoms with Gasteiger partial charge in [0.1, 0.15) is 0 Å². The first-order valence-electron chi connectivity index (χ1n) is 7.17. The molecule has 2 aromatic carbocycles. The summed E-state index contributed by atoms with van der Waals surface area (Å²) in [6.45, 7) is 2.09. The second-order valence-corrected chi connectivity index (χ2v) is 5.35. The van der Waals surface area contributed by atoms with E-state index in [-0.39, 0.29) is 0 Å². The predicted molar refractivity (Wildman–Crippen MR) is 82.4 cm³/mol. The van der Waals surface area contributed by atoms with Crippen molar-refractivity contribution in [3.63, 3.8) is 0 Å². The molecule has 4 aliphatic rings. The first-order valence-corrected chi connectivity index (χ1v) is 7.17. The van der Waals surface area contributed by atoms with Crippen LogP contribution in [0.2, 0.25) is 0 Å². The van der Waals surface area contributed by atoms with Crippen LogP contribution in [-0.2, 0) is 25.7 Å². The van der Waals surface area contributed by atoms with E-state index in [4.69, 9.17) is 0 Å². The van der Waals surface area contributed by atoms with Crippen LogP contribution in [0.5, 0.6) is 0 Å². The molecule has 19 heavy (non-hydrogen) atoms. The number of aryl methyl sites for hydroxylation is 4. The largest absolute Gasteiger partial charge is 0.0871 e. The molecule has 0 unspecified atom stereocenters. The van der Waals surface area contributed by atoms with Crippen LogP contribution in [0.15, 0.2) is 48.5 Å². The molecule has 2 aromatic rings. The van der Waals surface area contributed by atoms with E-state index in [0.717, 1.165) is 25.7 Å². The Balaban J connectivity index is 2.01. The highest BCUT2D eigenvalue weighted by Crippen LogP contribution is 2.20. The van der Waals surface area contributed by atoms with Crippen LogP contribution < -0.4 is 0 Å². The lowest BCUT2D eigenvalue weighted by Crippen LogP contribution is -2.00. The summed E-state index contributed by atoms with van der Waals surface area (Å²) >= 11 is 0. The molecule has 0 saturated carbocycles. The topological polar surface area (TPSA) is 0 Å². The van der Waals surface area contributed by atoms with E-state index >= 15 is 0 Å². The summed E-state index contributed by atoms with van der Waals surface area (Å²) in [5.74, 6) is 0. The molecule has 4 bridgehead atoms. The van der Waals surface area contributed by atoms with Gasteiger partial charge in [-0.1, -0.05) is 54.6 Å². The SMILES string of the molecule is C/C=C/c1cc2ccc1CCc1ccc(cc1)CC2. The Bertz CT molecular complexity index is 588. The van der Waals surface area contributed by atoms with E-state index in [9.17, 15) is 0 Å². The third kappa shape index (κ3) is 2.78. The van der Waals surface area contributed by atoms with Gasteiger partial charge in [-0.25, -0.2) is 0 Å². The summed E-state index contributed by atoms with van der Waals surface area (Å²) in [5, 5.41) is 0. The van der Waals surface area contributed by atoms with Gasteiger partial charge < -0.3 is 0 Å². The van der Waals surface area contributed by atoms with Crippen molar-refractivity contribution < 1.29 is 0 Å². The fourth-order valence-corrected chi connectivity index (χ4v) is 2.80. The second kappa shape index (κ2) is 5.44. The molecule has 6 rings (SSSR count). The second-order valence-electron chi connectivity index (χ2n) is 5.35. The summed E-state index contributed by atoms with van der Waals surface area (Å²) in [6, 6.07) is 16.1. The van der Waals surface area contributed by atoms with Crippen LogP contribution in [0, 0.1) is 0 Å². The van der Waals surface area contributed by atoms with Gasteiger partial charge in [0.25, 0.3) is 0 Å². The maximum atomic E-state index is 2.36. The van der Waals surface area contributed by atoms with Crippen molar-refractivity contribution in [2.24, 2.45) is 0 Å². The predicted octanol–water partition coefficient (Wildman–Crippen LogP) is 4.60. The van der Waals surface area contributed by atoms with Crippen molar-refractivity contribution in [1.29, 1.82) is 0 Å². The molecule has 0 aliphatic heterocycles. The zero-order valence-electron chi connectivity index (χ0n) is 11.5. The molecular weight excluding hydrogens is 228 g/mol. The molecular formula is C19H20. The Labute approximate surface area is 115 Å². The smallest absolute Gasteiger partial charge is 0.0225 e. The van der Waals surface area contributed by atoms with E-state index in [2.05, 4.69) is 61.5 Å². The van der Waals surface area contributed by atoms with Crippen molar-refractivity contribution in [3.05, 3.63) is 76.4 Å². The quantitative estimate of drug-likeness (QED) is 0.691. The van der Waals surface area contributed by atoms with Gasteiger partial charge in [0.15, 0.2) is 0 Å². The van der Waals surface area contributed by atoms with E-state index in [1.165, 1.54) is 27.8 Å². The number of rotatable bonds is 1. The zero-order chi connectivity index (χ0) is 13.1. The van der Waals surface area contributed by atoms with Crippen LogP contribution in [0.1, 0.15) is 34.7 Å². The van der Waals surface area contributed by atoms with Crippen molar-refractivity contribution in [2.75, 3.05) is 0 Å². The number of hydrogen-bond acceptors (Lipinski definition) is 0. The van der Waals surface area contributed by atoms with Gasteiger partial charge in [-0.15, -0.1) is 0 Å². The Morgan fingerprint density at radius 1 is 0.737 bits per heavy atom. The zero-order valence-corrected chi connectivity index (χ0v) is 11.5. The van der Waals surface area contributed by atoms with Crippen molar-refractivity contribution in [3.8, 4) is 0 Å². The van der Waals surface area contributed by atoms with Crippen molar-refractivity contribution >= 4 is 6.08 Å². The normalized spacial score (nSPS) is 14.6. The highest BCUT2D eigenvalue weighted by molar-refractivity contribution is 5.55. The first-order chi connectivity index (χ1) is 9.35. The van der Waals surface area contributed by atoms with Gasteiger partial charge in [-0.3, -0.25) is 0 Å². The minimum Gasteiger partial charge on any atom is -0.0871 e. The molecule has 4 aliphatic carbocycles. The molecule has 0 heteroatoms. The van der Waals surface area contributed by atoms with E-state index in [0.29, 0.717) is 0 Å². The fraction of sp³-hybridized carbons (Fsp3) is 0.263. The summed E-state index contributed by atoms with van der Waals surface area (Å²) in [6.07, 6.45) is 8.90. The highest BCUT2D eigenvalue weighted by Gasteiger charge is 2.05. The van der Waals surface area contributed by atoms with Crippen LogP contribution in [0.4, 0.5) is 0 Å². The molecule has 0 amide bonds. The molecule has 0 fully saturated rings. The molecule has 0 atom stereocenters. The van der Waals surface area contributed by atoms with Gasteiger partial charge >= 0.3 is 0 Å². The Kier molecular flexibility index (Phi) is 3.50. The molecule has 0 spiro atoms. The Hall–Kier alpha value is -1.82. The Morgan fingerprint density at radius 2 is 1.32 bits per heavy atom. The minimum absolute atomic E-state index is 1.12. The van der Waals surface area contributed by atoms with Gasteiger partial charge in [0.2, 0.25) is 0 Å². The average molecular weight is 248 g/mol. The summed E-state index contributed by atoms with van der Waals surface area (Å²) in [4.78, 5) is 0. The lowest BCUT2D eigenvalue weighted by Gasteiger charge is -2.12. The van der Waals surface area contributed by atoms with Crippen molar-refractivity contribution in [1.82, 2.24) is 0 Å². The lowest BCUT2D eigenvalue weighted by molar-refractivity contribution is 0.919. The van der Waals surface area contributed by atoms with Crippen LogP contribution in [-0.4, -0.2) is 0 Å². The van der Waals surface area contributed by atoms with Gasteiger partial charge in [0, 0.05) is 0 Å². The molecule has 0 heterocycles. The third-order valence-electron chi connectivity index (χ3n) is 3.96. The van der Waals surface area contributed by atoms with Crippen molar-refractivity contribution in [2.45, 2.75) is 32.6 Å². The monoisotopic (exact) mass is 248 g/mol. The van der Waals surface area contributed by atoms with E-state index in [1.807, 2.05) is 0 Å². The van der Waals surface area contributed by atoms with E-state index < -0.39 is 0 Å². The van der Waals surface area contributed by atoms with Gasteiger partial charge in [0.05, 0.1) is 0 Å². The van der Waals surface area contributed by atoms with Gasteiger partial charge in [-0.2, -0.15) is 0 Å².